The van der Waals surface area contributed by atoms with Gasteiger partial charge in [-0.15, -0.1) is 0 Å². The largest absolute Gasteiger partial charge is 0.311 e. The van der Waals surface area contributed by atoms with E-state index >= 15 is 0 Å². The Bertz CT molecular complexity index is 292. The molecule has 2 nitrogen and oxygen atoms in total. The summed E-state index contributed by atoms with van der Waals surface area (Å²) in [5.41, 5.74) is 0.533. The Morgan fingerprint density at radius 2 is 1.95 bits per heavy atom. The van der Waals surface area contributed by atoms with Gasteiger partial charge >= 0.3 is 0 Å². The Kier molecular flexibility index (Phi) is 4.19. The van der Waals surface area contributed by atoms with Gasteiger partial charge in [-0.2, -0.15) is 0 Å². The summed E-state index contributed by atoms with van der Waals surface area (Å²) in [7, 11) is 0. The van der Waals surface area contributed by atoms with E-state index in [1.54, 1.807) is 0 Å². The maximum Gasteiger partial charge on any atom is 0.0334 e. The molecule has 19 heavy (non-hydrogen) atoms. The number of hydrogen-bond donors (Lipinski definition) is 1. The van der Waals surface area contributed by atoms with Crippen LogP contribution in [0.4, 0.5) is 0 Å². The SMILES string of the molecule is CCC(C)C1CN(CC2CC2)C2(CCCCC2)CN1. The third kappa shape index (κ3) is 3.00. The van der Waals surface area contributed by atoms with Crippen molar-refractivity contribution in [1.82, 2.24) is 10.2 Å². The van der Waals surface area contributed by atoms with Crippen LogP contribution in [0.25, 0.3) is 0 Å². The number of hydrogen-bond acceptors (Lipinski definition) is 2. The average Bonchev–Trinajstić information content (AvgIpc) is 3.26. The van der Waals surface area contributed by atoms with Gasteiger partial charge in [-0.1, -0.05) is 39.5 Å². The molecule has 0 amide bonds. The summed E-state index contributed by atoms with van der Waals surface area (Å²) in [6.45, 7) is 8.73. The van der Waals surface area contributed by atoms with Crippen molar-refractivity contribution < 1.29 is 0 Å². The van der Waals surface area contributed by atoms with Crippen molar-refractivity contribution in [2.75, 3.05) is 19.6 Å². The van der Waals surface area contributed by atoms with E-state index in [9.17, 15) is 0 Å². The maximum absolute atomic E-state index is 3.91. The van der Waals surface area contributed by atoms with E-state index in [0.29, 0.717) is 5.54 Å². The van der Waals surface area contributed by atoms with E-state index in [4.69, 9.17) is 0 Å². The molecule has 1 spiro atoms. The van der Waals surface area contributed by atoms with Gasteiger partial charge in [0.15, 0.2) is 0 Å². The van der Waals surface area contributed by atoms with Gasteiger partial charge in [0.2, 0.25) is 0 Å². The minimum atomic E-state index is 0.533. The van der Waals surface area contributed by atoms with E-state index < -0.39 is 0 Å². The van der Waals surface area contributed by atoms with Crippen molar-refractivity contribution >= 4 is 0 Å². The molecule has 2 saturated carbocycles. The molecule has 3 aliphatic rings. The first-order chi connectivity index (χ1) is 9.23. The minimum Gasteiger partial charge on any atom is -0.311 e. The van der Waals surface area contributed by atoms with Crippen LogP contribution in [0.2, 0.25) is 0 Å². The summed E-state index contributed by atoms with van der Waals surface area (Å²) in [4.78, 5) is 2.93. The topological polar surface area (TPSA) is 15.3 Å². The van der Waals surface area contributed by atoms with Crippen molar-refractivity contribution in [3.8, 4) is 0 Å². The minimum absolute atomic E-state index is 0.533. The summed E-state index contributed by atoms with van der Waals surface area (Å²) < 4.78 is 0. The zero-order valence-electron chi connectivity index (χ0n) is 13.0. The Balaban J connectivity index is 1.69. The predicted octanol–water partition coefficient (Wildman–Crippen LogP) is 3.42. The van der Waals surface area contributed by atoms with Gasteiger partial charge < -0.3 is 5.32 Å². The van der Waals surface area contributed by atoms with Crippen LogP contribution in [0, 0.1) is 11.8 Å². The standard InChI is InChI=1S/C17H32N2/c1-3-14(2)16-12-19(11-15-7-8-15)17(13-18-16)9-5-4-6-10-17/h14-16,18H,3-13H2,1-2H3. The summed E-state index contributed by atoms with van der Waals surface area (Å²) in [5, 5.41) is 3.91. The van der Waals surface area contributed by atoms with E-state index in [-0.39, 0.29) is 0 Å². The fourth-order valence-corrected chi connectivity index (χ4v) is 4.18. The Morgan fingerprint density at radius 3 is 2.58 bits per heavy atom. The molecule has 1 heterocycles. The molecule has 0 aromatic carbocycles. The Labute approximate surface area is 119 Å². The summed E-state index contributed by atoms with van der Waals surface area (Å²) in [5.74, 6) is 1.86. The molecule has 3 rings (SSSR count). The lowest BCUT2D eigenvalue weighted by Crippen LogP contribution is -2.66. The Hall–Kier alpha value is -0.0800. The van der Waals surface area contributed by atoms with Gasteiger partial charge in [-0.25, -0.2) is 0 Å². The molecule has 2 atom stereocenters. The number of piperazine rings is 1. The summed E-state index contributed by atoms with van der Waals surface area (Å²) in [6, 6.07) is 0.733. The van der Waals surface area contributed by atoms with Gasteiger partial charge in [-0.3, -0.25) is 4.90 Å². The van der Waals surface area contributed by atoms with Crippen LogP contribution in [-0.2, 0) is 0 Å². The van der Waals surface area contributed by atoms with Crippen molar-refractivity contribution in [2.45, 2.75) is 76.8 Å². The highest BCUT2D eigenvalue weighted by Crippen LogP contribution is 2.39. The second-order valence-electron chi connectivity index (χ2n) is 7.51. The maximum atomic E-state index is 3.91. The molecule has 2 unspecified atom stereocenters. The molecule has 0 aromatic rings. The van der Waals surface area contributed by atoms with Crippen LogP contribution < -0.4 is 5.32 Å². The van der Waals surface area contributed by atoms with E-state index in [1.807, 2.05) is 0 Å². The van der Waals surface area contributed by atoms with E-state index in [0.717, 1.165) is 17.9 Å². The molecule has 110 valence electrons. The van der Waals surface area contributed by atoms with Crippen molar-refractivity contribution in [3.05, 3.63) is 0 Å². The van der Waals surface area contributed by atoms with Gasteiger partial charge in [0.1, 0.15) is 0 Å². The fourth-order valence-electron chi connectivity index (χ4n) is 4.18. The third-order valence-electron chi connectivity index (χ3n) is 6.07. The van der Waals surface area contributed by atoms with Crippen LogP contribution in [0.1, 0.15) is 65.2 Å². The quantitative estimate of drug-likeness (QED) is 0.837. The van der Waals surface area contributed by atoms with Gasteiger partial charge in [0.05, 0.1) is 0 Å². The van der Waals surface area contributed by atoms with Gasteiger partial charge in [-0.05, 0) is 37.5 Å². The van der Waals surface area contributed by atoms with Crippen LogP contribution in [-0.4, -0.2) is 36.1 Å². The van der Waals surface area contributed by atoms with Crippen molar-refractivity contribution in [3.63, 3.8) is 0 Å². The first kappa shape index (κ1) is 13.9. The normalized spacial score (nSPS) is 33.5. The van der Waals surface area contributed by atoms with Gasteiger partial charge in [0.25, 0.3) is 0 Å². The lowest BCUT2D eigenvalue weighted by molar-refractivity contribution is -0.00273. The predicted molar refractivity (Wildman–Crippen MR) is 81.4 cm³/mol. The highest BCUT2D eigenvalue weighted by molar-refractivity contribution is 5.02. The van der Waals surface area contributed by atoms with Crippen molar-refractivity contribution in [2.24, 2.45) is 11.8 Å². The zero-order valence-corrected chi connectivity index (χ0v) is 13.0. The molecular formula is C17H32N2. The van der Waals surface area contributed by atoms with Crippen molar-refractivity contribution in [1.29, 1.82) is 0 Å². The third-order valence-corrected chi connectivity index (χ3v) is 6.07. The van der Waals surface area contributed by atoms with Crippen LogP contribution in [0.3, 0.4) is 0 Å². The molecule has 1 N–H and O–H groups in total. The second kappa shape index (κ2) is 5.73. The molecule has 0 radical (unpaired) electrons. The molecule has 1 aliphatic heterocycles. The lowest BCUT2D eigenvalue weighted by atomic mass is 9.77. The van der Waals surface area contributed by atoms with Gasteiger partial charge in [0, 0.05) is 31.2 Å². The van der Waals surface area contributed by atoms with E-state index in [1.165, 1.54) is 71.0 Å². The molecule has 2 heteroatoms. The molecule has 0 aromatic heterocycles. The van der Waals surface area contributed by atoms with Crippen LogP contribution in [0.15, 0.2) is 0 Å². The highest BCUT2D eigenvalue weighted by atomic mass is 15.3. The van der Waals surface area contributed by atoms with Crippen LogP contribution >= 0.6 is 0 Å². The average molecular weight is 264 g/mol. The first-order valence-corrected chi connectivity index (χ1v) is 8.72. The fraction of sp³-hybridized carbons (Fsp3) is 1.00. The zero-order chi connectivity index (χ0) is 13.3. The molecular weight excluding hydrogens is 232 g/mol. The van der Waals surface area contributed by atoms with E-state index in [2.05, 4.69) is 24.1 Å². The van der Waals surface area contributed by atoms with Crippen LogP contribution in [0.5, 0.6) is 0 Å². The molecule has 1 saturated heterocycles. The molecule has 3 fully saturated rings. The molecule has 2 aliphatic carbocycles. The highest BCUT2D eigenvalue weighted by Gasteiger charge is 2.44. The smallest absolute Gasteiger partial charge is 0.0334 e. The number of nitrogens with one attached hydrogen (secondary N) is 1. The second-order valence-corrected chi connectivity index (χ2v) is 7.51. The summed E-state index contributed by atoms with van der Waals surface area (Å²) >= 11 is 0. The monoisotopic (exact) mass is 264 g/mol. The number of nitrogens with zero attached hydrogens (tertiary/aromatic N) is 1. The number of rotatable bonds is 4. The first-order valence-electron chi connectivity index (χ1n) is 8.72. The lowest BCUT2D eigenvalue weighted by Gasteiger charge is -2.53. The molecule has 0 bridgehead atoms. The summed E-state index contributed by atoms with van der Waals surface area (Å²) in [6.07, 6.45) is 11.6. The Morgan fingerprint density at radius 1 is 1.21 bits per heavy atom.